The lowest BCUT2D eigenvalue weighted by Crippen LogP contribution is -2.44. The molecule has 5 heteroatoms. The molecule has 0 bridgehead atoms. The number of rotatable bonds is 5. The van der Waals surface area contributed by atoms with Crippen molar-refractivity contribution >= 4 is 34.6 Å². The summed E-state index contributed by atoms with van der Waals surface area (Å²) in [6.07, 6.45) is 1.59. The minimum absolute atomic E-state index is 0.215. The summed E-state index contributed by atoms with van der Waals surface area (Å²) in [4.78, 5) is 13.8. The molecule has 0 atom stereocenters. The van der Waals surface area contributed by atoms with Crippen molar-refractivity contribution in [2.75, 3.05) is 16.8 Å². The molecule has 0 radical (unpaired) electrons. The summed E-state index contributed by atoms with van der Waals surface area (Å²) in [5.74, 6) is 1.23. The average molecular weight is 348 g/mol. The monoisotopic (exact) mass is 347 g/mol. The van der Waals surface area contributed by atoms with E-state index in [0.717, 1.165) is 29.9 Å². The zero-order chi connectivity index (χ0) is 17.9. The molecule has 1 aliphatic heterocycles. The number of hydrogen-bond acceptors (Lipinski definition) is 2. The Labute approximate surface area is 151 Å². The van der Waals surface area contributed by atoms with Crippen molar-refractivity contribution in [3.05, 3.63) is 23.8 Å². The summed E-state index contributed by atoms with van der Waals surface area (Å²) in [7, 11) is 0. The third-order valence-electron chi connectivity index (χ3n) is 4.55. The van der Waals surface area contributed by atoms with Gasteiger partial charge in [0.05, 0.1) is 0 Å². The second-order valence-electron chi connectivity index (χ2n) is 7.26. The van der Waals surface area contributed by atoms with Gasteiger partial charge in [-0.05, 0) is 61.2 Å². The fraction of sp³-hybridized carbons (Fsp3) is 0.579. The van der Waals surface area contributed by atoms with Crippen molar-refractivity contribution in [3.8, 4) is 0 Å². The molecule has 4 nitrogen and oxygen atoms in total. The summed E-state index contributed by atoms with van der Waals surface area (Å²) in [6, 6.07) is 6.38. The highest BCUT2D eigenvalue weighted by atomic mass is 32.1. The number of carbonyl (C=O) groups excluding carboxylic acids is 1. The average Bonchev–Trinajstić information content (AvgIpc) is 2.90. The summed E-state index contributed by atoms with van der Waals surface area (Å²) in [6.45, 7) is 11.7. The predicted octanol–water partition coefficient (Wildman–Crippen LogP) is 4.09. The first-order valence-electron chi connectivity index (χ1n) is 8.78. The van der Waals surface area contributed by atoms with E-state index in [1.54, 1.807) is 0 Å². The molecule has 0 aromatic heterocycles. The van der Waals surface area contributed by atoms with Crippen LogP contribution in [0.15, 0.2) is 18.2 Å². The second kappa shape index (κ2) is 7.97. The summed E-state index contributed by atoms with van der Waals surface area (Å²) in [5, 5.41) is 7.33. The lowest BCUT2D eigenvalue weighted by molar-refractivity contribution is -0.117. The summed E-state index contributed by atoms with van der Waals surface area (Å²) in [5.41, 5.74) is 3.04. The smallest absolute Gasteiger partial charge is 0.227 e. The van der Waals surface area contributed by atoms with Gasteiger partial charge in [-0.15, -0.1) is 0 Å². The first kappa shape index (κ1) is 18.7. The number of aryl methyl sites for hydroxylation is 1. The third kappa shape index (κ3) is 4.47. The van der Waals surface area contributed by atoms with Gasteiger partial charge in [0.1, 0.15) is 0 Å². The zero-order valence-electron chi connectivity index (χ0n) is 15.3. The molecular weight excluding hydrogens is 318 g/mol. The molecule has 1 saturated heterocycles. The highest BCUT2D eigenvalue weighted by Gasteiger charge is 2.23. The van der Waals surface area contributed by atoms with E-state index in [1.807, 2.05) is 24.0 Å². The molecule has 1 amide bonds. The Morgan fingerprint density at radius 1 is 1.21 bits per heavy atom. The SMILES string of the molecule is Cc1cc(NC(=S)NC(C(C)C)C(C)C)ccc1N1CCCC1=O. The second-order valence-corrected chi connectivity index (χ2v) is 7.67. The molecule has 0 aliphatic carbocycles. The summed E-state index contributed by atoms with van der Waals surface area (Å²) >= 11 is 5.47. The fourth-order valence-corrected chi connectivity index (χ4v) is 3.61. The number of nitrogens with zero attached hydrogens (tertiary/aromatic N) is 1. The van der Waals surface area contributed by atoms with Crippen LogP contribution in [0.5, 0.6) is 0 Å². The molecule has 24 heavy (non-hydrogen) atoms. The van der Waals surface area contributed by atoms with Crippen molar-refractivity contribution in [3.63, 3.8) is 0 Å². The Morgan fingerprint density at radius 3 is 2.38 bits per heavy atom. The Bertz CT molecular complexity index is 605. The maximum absolute atomic E-state index is 11.9. The number of amides is 1. The van der Waals surface area contributed by atoms with Crippen molar-refractivity contribution in [2.45, 2.75) is 53.5 Å². The Morgan fingerprint density at radius 2 is 1.88 bits per heavy atom. The van der Waals surface area contributed by atoms with Gasteiger partial charge >= 0.3 is 0 Å². The molecule has 1 fully saturated rings. The fourth-order valence-electron chi connectivity index (χ4n) is 3.36. The van der Waals surface area contributed by atoms with Crippen LogP contribution in [0.3, 0.4) is 0 Å². The van der Waals surface area contributed by atoms with Gasteiger partial charge in [-0.3, -0.25) is 4.79 Å². The molecule has 0 spiro atoms. The molecule has 2 N–H and O–H groups in total. The van der Waals surface area contributed by atoms with Gasteiger partial charge in [-0.25, -0.2) is 0 Å². The maximum atomic E-state index is 11.9. The first-order chi connectivity index (χ1) is 11.3. The number of carbonyl (C=O) groups is 1. The van der Waals surface area contributed by atoms with Gasteiger partial charge in [-0.1, -0.05) is 27.7 Å². The van der Waals surface area contributed by atoms with Gasteiger partial charge in [0, 0.05) is 30.4 Å². The topological polar surface area (TPSA) is 44.4 Å². The van der Waals surface area contributed by atoms with Crippen LogP contribution in [-0.2, 0) is 4.79 Å². The van der Waals surface area contributed by atoms with E-state index in [9.17, 15) is 4.79 Å². The van der Waals surface area contributed by atoms with E-state index in [-0.39, 0.29) is 5.91 Å². The molecular formula is C19H29N3OS. The molecule has 1 heterocycles. The molecule has 1 aromatic carbocycles. The number of nitrogens with one attached hydrogen (secondary N) is 2. The van der Waals surface area contributed by atoms with Crippen LogP contribution in [0, 0.1) is 18.8 Å². The van der Waals surface area contributed by atoms with E-state index >= 15 is 0 Å². The Kier molecular flexibility index (Phi) is 6.21. The van der Waals surface area contributed by atoms with E-state index in [2.05, 4.69) is 44.4 Å². The highest BCUT2D eigenvalue weighted by molar-refractivity contribution is 7.80. The third-order valence-corrected chi connectivity index (χ3v) is 4.77. The van der Waals surface area contributed by atoms with Crippen LogP contribution in [0.2, 0.25) is 0 Å². The molecule has 0 unspecified atom stereocenters. The molecule has 1 aliphatic rings. The maximum Gasteiger partial charge on any atom is 0.227 e. The van der Waals surface area contributed by atoms with Gasteiger partial charge in [0.25, 0.3) is 0 Å². The minimum Gasteiger partial charge on any atom is -0.359 e. The van der Waals surface area contributed by atoms with Crippen molar-refractivity contribution < 1.29 is 4.79 Å². The molecule has 2 rings (SSSR count). The number of anilines is 2. The van der Waals surface area contributed by atoms with E-state index in [1.165, 1.54) is 0 Å². The van der Waals surface area contributed by atoms with Crippen molar-refractivity contribution in [1.29, 1.82) is 0 Å². The number of hydrogen-bond donors (Lipinski definition) is 2. The number of benzene rings is 1. The Balaban J connectivity index is 2.04. The highest BCUT2D eigenvalue weighted by Crippen LogP contribution is 2.27. The number of thiocarbonyl (C=S) groups is 1. The normalized spacial score (nSPS) is 14.8. The van der Waals surface area contributed by atoms with Crippen molar-refractivity contribution in [1.82, 2.24) is 5.32 Å². The van der Waals surface area contributed by atoms with Gasteiger partial charge in [-0.2, -0.15) is 0 Å². The van der Waals surface area contributed by atoms with Gasteiger partial charge in [0.2, 0.25) is 5.91 Å². The minimum atomic E-state index is 0.215. The summed E-state index contributed by atoms with van der Waals surface area (Å²) < 4.78 is 0. The van der Waals surface area contributed by atoms with E-state index in [0.29, 0.717) is 29.4 Å². The van der Waals surface area contributed by atoms with Gasteiger partial charge in [0.15, 0.2) is 5.11 Å². The predicted molar refractivity (Wildman–Crippen MR) is 106 cm³/mol. The Hall–Kier alpha value is -1.62. The lowest BCUT2D eigenvalue weighted by Gasteiger charge is -2.27. The first-order valence-corrected chi connectivity index (χ1v) is 9.19. The van der Waals surface area contributed by atoms with Crippen LogP contribution >= 0.6 is 12.2 Å². The standard InChI is InChI=1S/C19H29N3OS/c1-12(2)18(13(3)4)21-19(24)20-15-8-9-16(14(5)11-15)22-10-6-7-17(22)23/h8-9,11-13,18H,6-7,10H2,1-5H3,(H2,20,21,24). The van der Waals surface area contributed by atoms with Crippen LogP contribution in [0.25, 0.3) is 0 Å². The van der Waals surface area contributed by atoms with Crippen LogP contribution < -0.4 is 15.5 Å². The van der Waals surface area contributed by atoms with Crippen LogP contribution in [-0.4, -0.2) is 23.6 Å². The molecule has 1 aromatic rings. The van der Waals surface area contributed by atoms with Gasteiger partial charge < -0.3 is 15.5 Å². The van der Waals surface area contributed by atoms with Crippen molar-refractivity contribution in [2.24, 2.45) is 11.8 Å². The van der Waals surface area contributed by atoms with E-state index in [4.69, 9.17) is 12.2 Å². The van der Waals surface area contributed by atoms with Crippen LogP contribution in [0.1, 0.15) is 46.1 Å². The van der Waals surface area contributed by atoms with E-state index < -0.39 is 0 Å². The largest absolute Gasteiger partial charge is 0.359 e. The molecule has 0 saturated carbocycles. The van der Waals surface area contributed by atoms with Crippen LogP contribution in [0.4, 0.5) is 11.4 Å². The quantitative estimate of drug-likeness (QED) is 0.788. The zero-order valence-corrected chi connectivity index (χ0v) is 16.2. The lowest BCUT2D eigenvalue weighted by atomic mass is 9.93. The molecule has 132 valence electrons.